The third-order valence-electron chi connectivity index (χ3n) is 2.19. The molecule has 0 saturated carbocycles. The van der Waals surface area contributed by atoms with E-state index in [1.165, 1.54) is 0 Å². The van der Waals surface area contributed by atoms with Gasteiger partial charge in [0.05, 0.1) is 5.71 Å². The van der Waals surface area contributed by atoms with Crippen molar-refractivity contribution < 1.29 is 0 Å². The van der Waals surface area contributed by atoms with Crippen LogP contribution in [-0.2, 0) is 0 Å². The summed E-state index contributed by atoms with van der Waals surface area (Å²) in [5.41, 5.74) is 2.17. The van der Waals surface area contributed by atoms with Crippen LogP contribution in [0.15, 0.2) is 65.8 Å². The maximum Gasteiger partial charge on any atom is 0.0664 e. The Morgan fingerprint density at radius 3 is 1.47 bits per heavy atom. The highest BCUT2D eigenvalue weighted by molar-refractivity contribution is 6.12. The van der Waals surface area contributed by atoms with Gasteiger partial charge in [0.2, 0.25) is 0 Å². The molecular weight excluding hydrogens is 186 g/mol. The van der Waals surface area contributed by atoms with Crippen LogP contribution >= 0.6 is 0 Å². The Balaban J connectivity index is 2.44. The van der Waals surface area contributed by atoms with Crippen molar-refractivity contribution >= 4 is 5.71 Å². The molecule has 0 radical (unpaired) electrons. The SMILES string of the molecule is [O-]N=C(c1ccccc1)c1ccccc1. The third kappa shape index (κ3) is 2.05. The van der Waals surface area contributed by atoms with Gasteiger partial charge < -0.3 is 10.4 Å². The Morgan fingerprint density at radius 2 is 1.13 bits per heavy atom. The number of rotatable bonds is 2. The predicted molar refractivity (Wildman–Crippen MR) is 61.9 cm³/mol. The molecule has 74 valence electrons. The first-order valence-corrected chi connectivity index (χ1v) is 4.73. The Kier molecular flexibility index (Phi) is 2.79. The van der Waals surface area contributed by atoms with Crippen molar-refractivity contribution in [2.75, 3.05) is 0 Å². The summed E-state index contributed by atoms with van der Waals surface area (Å²) in [6.07, 6.45) is 0. The molecule has 2 nitrogen and oxygen atoms in total. The molecule has 0 saturated heterocycles. The summed E-state index contributed by atoms with van der Waals surface area (Å²) in [7, 11) is 0. The van der Waals surface area contributed by atoms with Crippen molar-refractivity contribution in [1.29, 1.82) is 0 Å². The highest BCUT2D eigenvalue weighted by Gasteiger charge is 2.02. The fourth-order valence-corrected chi connectivity index (χ4v) is 1.46. The van der Waals surface area contributed by atoms with Crippen LogP contribution in [0.5, 0.6) is 0 Å². The summed E-state index contributed by atoms with van der Waals surface area (Å²) >= 11 is 0. The summed E-state index contributed by atoms with van der Waals surface area (Å²) in [5, 5.41) is 13.9. The van der Waals surface area contributed by atoms with Crippen LogP contribution in [0.3, 0.4) is 0 Å². The normalized spacial score (nSPS) is 9.60. The largest absolute Gasteiger partial charge is 0.791 e. The van der Waals surface area contributed by atoms with E-state index in [9.17, 15) is 5.21 Å². The average Bonchev–Trinajstić information content (AvgIpc) is 2.33. The smallest absolute Gasteiger partial charge is 0.0664 e. The topological polar surface area (TPSA) is 35.4 Å². The monoisotopic (exact) mass is 196 g/mol. The Labute approximate surface area is 88.5 Å². The van der Waals surface area contributed by atoms with Crippen molar-refractivity contribution in [3.05, 3.63) is 77.0 Å². The second kappa shape index (κ2) is 4.42. The fourth-order valence-electron chi connectivity index (χ4n) is 1.46. The van der Waals surface area contributed by atoms with Gasteiger partial charge in [0, 0.05) is 0 Å². The first-order chi connectivity index (χ1) is 7.42. The van der Waals surface area contributed by atoms with Gasteiger partial charge in [0.1, 0.15) is 0 Å². The van der Waals surface area contributed by atoms with Crippen molar-refractivity contribution in [3.8, 4) is 0 Å². The number of nitrogens with zero attached hydrogens (tertiary/aromatic N) is 1. The van der Waals surface area contributed by atoms with E-state index in [-0.39, 0.29) is 0 Å². The van der Waals surface area contributed by atoms with Gasteiger partial charge in [-0.3, -0.25) is 0 Å². The molecule has 0 bridgehead atoms. The van der Waals surface area contributed by atoms with E-state index in [0.29, 0.717) is 5.71 Å². The van der Waals surface area contributed by atoms with Crippen LogP contribution < -0.4 is 0 Å². The molecule has 0 aliphatic rings. The lowest BCUT2D eigenvalue weighted by Gasteiger charge is -2.08. The molecule has 0 amide bonds. The van der Waals surface area contributed by atoms with E-state index in [1.807, 2.05) is 60.7 Å². The second-order valence-electron chi connectivity index (χ2n) is 3.17. The number of hydrogen-bond acceptors (Lipinski definition) is 2. The zero-order valence-corrected chi connectivity index (χ0v) is 8.13. The Hall–Kier alpha value is -2.09. The van der Waals surface area contributed by atoms with Gasteiger partial charge in [-0.2, -0.15) is 0 Å². The molecule has 0 aliphatic carbocycles. The highest BCUT2D eigenvalue weighted by Crippen LogP contribution is 2.10. The van der Waals surface area contributed by atoms with E-state index in [0.717, 1.165) is 11.1 Å². The summed E-state index contributed by atoms with van der Waals surface area (Å²) in [5.74, 6) is 0. The van der Waals surface area contributed by atoms with Crippen molar-refractivity contribution in [1.82, 2.24) is 0 Å². The molecule has 2 aromatic rings. The summed E-state index contributed by atoms with van der Waals surface area (Å²) in [4.78, 5) is 0. The van der Waals surface area contributed by atoms with E-state index >= 15 is 0 Å². The zero-order chi connectivity index (χ0) is 10.5. The maximum absolute atomic E-state index is 10.8. The van der Waals surface area contributed by atoms with Crippen LogP contribution in [-0.4, -0.2) is 5.71 Å². The number of benzene rings is 2. The quantitative estimate of drug-likeness (QED) is 0.537. The zero-order valence-electron chi connectivity index (χ0n) is 8.13. The molecule has 0 heterocycles. The van der Waals surface area contributed by atoms with Crippen molar-refractivity contribution in [2.45, 2.75) is 0 Å². The molecule has 0 aliphatic heterocycles. The van der Waals surface area contributed by atoms with Gasteiger partial charge in [0.25, 0.3) is 0 Å². The van der Waals surface area contributed by atoms with Crippen LogP contribution in [0.1, 0.15) is 11.1 Å². The van der Waals surface area contributed by atoms with Crippen LogP contribution in [0.4, 0.5) is 0 Å². The minimum absolute atomic E-state index is 0.483. The van der Waals surface area contributed by atoms with Gasteiger partial charge in [-0.05, 0) is 11.1 Å². The van der Waals surface area contributed by atoms with E-state index in [1.54, 1.807) is 0 Å². The molecule has 0 spiro atoms. The lowest BCUT2D eigenvalue weighted by molar-refractivity contribution is 1.51. The summed E-state index contributed by atoms with van der Waals surface area (Å²) in [6, 6.07) is 18.9. The van der Waals surface area contributed by atoms with E-state index in [2.05, 4.69) is 5.16 Å². The Bertz CT molecular complexity index is 407. The standard InChI is InChI=1S/C13H11NO/c15-14-13(11-7-3-1-4-8-11)12-9-5-2-6-10-12/h1-10,15H/p-1. The lowest BCUT2D eigenvalue weighted by Crippen LogP contribution is -2.01. The second-order valence-corrected chi connectivity index (χ2v) is 3.17. The Morgan fingerprint density at radius 1 is 0.733 bits per heavy atom. The van der Waals surface area contributed by atoms with Crippen molar-refractivity contribution in [2.24, 2.45) is 5.16 Å². The number of hydrogen-bond donors (Lipinski definition) is 0. The third-order valence-corrected chi connectivity index (χ3v) is 2.19. The van der Waals surface area contributed by atoms with E-state index in [4.69, 9.17) is 0 Å². The van der Waals surface area contributed by atoms with Gasteiger partial charge in [-0.1, -0.05) is 60.7 Å². The van der Waals surface area contributed by atoms with Gasteiger partial charge >= 0.3 is 0 Å². The first kappa shape index (κ1) is 9.46. The molecule has 0 unspecified atom stereocenters. The predicted octanol–water partition coefficient (Wildman–Crippen LogP) is 3.02. The molecule has 0 atom stereocenters. The van der Waals surface area contributed by atoms with Crippen LogP contribution in [0.2, 0.25) is 0 Å². The molecule has 2 rings (SSSR count). The molecule has 2 heteroatoms. The van der Waals surface area contributed by atoms with Gasteiger partial charge in [-0.25, -0.2) is 0 Å². The summed E-state index contributed by atoms with van der Waals surface area (Å²) in [6.45, 7) is 0. The molecule has 0 aromatic heterocycles. The molecule has 0 fully saturated rings. The van der Waals surface area contributed by atoms with Crippen LogP contribution in [0, 0.1) is 5.21 Å². The van der Waals surface area contributed by atoms with Crippen molar-refractivity contribution in [3.63, 3.8) is 0 Å². The lowest BCUT2D eigenvalue weighted by atomic mass is 10.0. The average molecular weight is 196 g/mol. The minimum Gasteiger partial charge on any atom is -0.791 e. The van der Waals surface area contributed by atoms with Crippen LogP contribution in [0.25, 0.3) is 0 Å². The molecule has 15 heavy (non-hydrogen) atoms. The highest BCUT2D eigenvalue weighted by atomic mass is 16.4. The summed E-state index contributed by atoms with van der Waals surface area (Å²) < 4.78 is 0. The molecular formula is C13H10NO-. The molecule has 0 N–H and O–H groups in total. The van der Waals surface area contributed by atoms with Gasteiger partial charge in [-0.15, -0.1) is 0 Å². The molecule has 2 aromatic carbocycles. The maximum atomic E-state index is 10.8. The minimum atomic E-state index is 0.483. The first-order valence-electron chi connectivity index (χ1n) is 4.73. The van der Waals surface area contributed by atoms with Gasteiger partial charge in [0.15, 0.2) is 0 Å². The van der Waals surface area contributed by atoms with E-state index < -0.39 is 0 Å². The fraction of sp³-hybridized carbons (Fsp3) is 0.